The van der Waals surface area contributed by atoms with Gasteiger partial charge in [-0.3, -0.25) is 19.4 Å². The van der Waals surface area contributed by atoms with Gasteiger partial charge in [0.1, 0.15) is 0 Å². The number of carbonyl (C=O) groups is 1. The first-order valence-corrected chi connectivity index (χ1v) is 12.3. The van der Waals surface area contributed by atoms with Crippen LogP contribution >= 0.6 is 0 Å². The van der Waals surface area contributed by atoms with E-state index >= 15 is 0 Å². The zero-order chi connectivity index (χ0) is 28.0. The molecule has 1 amide bonds. The molecule has 3 aromatic carbocycles. The van der Waals surface area contributed by atoms with E-state index in [2.05, 4.69) is 20.5 Å². The molecule has 200 valence electrons. The second-order valence-electron chi connectivity index (χ2n) is 9.27. The second-order valence-corrected chi connectivity index (χ2v) is 9.27. The van der Waals surface area contributed by atoms with Gasteiger partial charge in [-0.1, -0.05) is 48.5 Å². The Labute approximate surface area is 224 Å². The minimum absolute atomic E-state index is 0.0916. The van der Waals surface area contributed by atoms with Gasteiger partial charge in [-0.15, -0.1) is 0 Å². The van der Waals surface area contributed by atoms with E-state index in [0.717, 1.165) is 17.7 Å². The first-order chi connectivity index (χ1) is 19.2. The number of halogens is 3. The number of fused-ring (bicyclic) bond motifs is 3. The third kappa shape index (κ3) is 4.41. The molecule has 6 aromatic rings. The van der Waals surface area contributed by atoms with Crippen LogP contribution in [-0.2, 0) is 19.8 Å². The Morgan fingerprint density at radius 3 is 2.55 bits per heavy atom. The minimum atomic E-state index is -4.56. The average molecular weight is 543 g/mol. The minimum Gasteiger partial charge on any atom is -0.348 e. The number of H-pyrrole nitrogens is 1. The van der Waals surface area contributed by atoms with Crippen molar-refractivity contribution in [2.45, 2.75) is 12.7 Å². The third-order valence-electron chi connectivity index (χ3n) is 6.65. The highest BCUT2D eigenvalue weighted by Gasteiger charge is 2.31. The van der Waals surface area contributed by atoms with Crippen molar-refractivity contribution in [3.05, 3.63) is 112 Å². The monoisotopic (exact) mass is 542 g/mol. The third-order valence-corrected chi connectivity index (χ3v) is 6.65. The summed E-state index contributed by atoms with van der Waals surface area (Å²) in [5, 5.41) is 10.8. The van der Waals surface area contributed by atoms with Crippen LogP contribution in [0.15, 0.2) is 89.9 Å². The fourth-order valence-corrected chi connectivity index (χ4v) is 4.65. The Morgan fingerprint density at radius 1 is 1.00 bits per heavy atom. The van der Waals surface area contributed by atoms with Crippen molar-refractivity contribution in [2.24, 2.45) is 7.05 Å². The molecule has 0 atom stereocenters. The number of hydrogen-bond donors (Lipinski definition) is 2. The number of alkyl halides is 3. The molecule has 0 aliphatic heterocycles. The molecule has 0 aliphatic carbocycles. The fourth-order valence-electron chi connectivity index (χ4n) is 4.65. The summed E-state index contributed by atoms with van der Waals surface area (Å²) in [5.74, 6) is -0.323. The van der Waals surface area contributed by atoms with Gasteiger partial charge in [0.15, 0.2) is 5.65 Å². The number of aryl methyl sites for hydroxylation is 1. The van der Waals surface area contributed by atoms with Gasteiger partial charge in [0.05, 0.1) is 39.4 Å². The molecule has 0 saturated heterocycles. The average Bonchev–Trinajstić information content (AvgIpc) is 3.51. The summed E-state index contributed by atoms with van der Waals surface area (Å²) in [6.07, 6.45) is -3.03. The van der Waals surface area contributed by atoms with E-state index in [9.17, 15) is 22.8 Å². The van der Waals surface area contributed by atoms with Crippen LogP contribution in [0.4, 0.5) is 13.2 Å². The number of amides is 1. The largest absolute Gasteiger partial charge is 0.416 e. The maximum absolute atomic E-state index is 13.8. The van der Waals surface area contributed by atoms with E-state index < -0.39 is 17.3 Å². The summed E-state index contributed by atoms with van der Waals surface area (Å²) in [6, 6.07) is 20.6. The highest BCUT2D eigenvalue weighted by Crippen LogP contribution is 2.34. The van der Waals surface area contributed by atoms with Crippen molar-refractivity contribution < 1.29 is 18.0 Å². The Morgan fingerprint density at radius 2 is 1.77 bits per heavy atom. The zero-order valence-electron chi connectivity index (χ0n) is 21.0. The maximum Gasteiger partial charge on any atom is 0.416 e. The van der Waals surface area contributed by atoms with Crippen LogP contribution in [-0.4, -0.2) is 30.5 Å². The summed E-state index contributed by atoms with van der Waals surface area (Å²) in [6.45, 7) is 0.335. The molecule has 2 N–H and O–H groups in total. The summed E-state index contributed by atoms with van der Waals surface area (Å²) < 4.78 is 43.2. The van der Waals surface area contributed by atoms with Crippen molar-refractivity contribution >= 4 is 27.8 Å². The molecule has 0 fully saturated rings. The highest BCUT2D eigenvalue weighted by molar-refractivity contribution is 6.07. The number of aromatic amines is 1. The molecule has 0 aliphatic rings. The van der Waals surface area contributed by atoms with Crippen molar-refractivity contribution in [1.82, 2.24) is 29.9 Å². The molecular formula is C29H21F3N6O2. The first-order valence-electron chi connectivity index (χ1n) is 12.3. The van der Waals surface area contributed by atoms with Gasteiger partial charge in [0.25, 0.3) is 11.5 Å². The van der Waals surface area contributed by atoms with E-state index in [1.165, 1.54) is 27.7 Å². The van der Waals surface area contributed by atoms with E-state index in [4.69, 9.17) is 0 Å². The number of aromatic nitrogens is 5. The Hall–Kier alpha value is -5.19. The van der Waals surface area contributed by atoms with Gasteiger partial charge < -0.3 is 5.32 Å². The quantitative estimate of drug-likeness (QED) is 0.312. The molecule has 40 heavy (non-hydrogen) atoms. The van der Waals surface area contributed by atoms with Crippen LogP contribution in [0.2, 0.25) is 0 Å². The lowest BCUT2D eigenvalue weighted by Crippen LogP contribution is -2.23. The molecule has 3 heterocycles. The van der Waals surface area contributed by atoms with E-state index in [-0.39, 0.29) is 22.6 Å². The highest BCUT2D eigenvalue weighted by atomic mass is 19.4. The van der Waals surface area contributed by atoms with Crippen LogP contribution in [0.5, 0.6) is 0 Å². The number of nitrogens with one attached hydrogen (secondary N) is 2. The summed E-state index contributed by atoms with van der Waals surface area (Å²) >= 11 is 0. The zero-order valence-corrected chi connectivity index (χ0v) is 21.0. The smallest absolute Gasteiger partial charge is 0.348 e. The molecule has 0 unspecified atom stereocenters. The summed E-state index contributed by atoms with van der Waals surface area (Å²) in [4.78, 5) is 31.2. The Balaban J connectivity index is 1.47. The standard InChI is InChI=1S/C29H21F3N6O2/c1-37-26-22(16-34-37)25-23(24(35-26)18-9-5-11-20(13-18)29(30,31)32)28(40)38(36-25)21-12-6-10-19(14-21)27(39)33-15-17-7-3-2-4-8-17/h2-14,16,36H,15H2,1H3,(H,33,39). The molecule has 0 saturated carbocycles. The Kier molecular flexibility index (Phi) is 5.98. The van der Waals surface area contributed by atoms with Crippen molar-refractivity contribution in [3.63, 3.8) is 0 Å². The number of rotatable bonds is 5. The van der Waals surface area contributed by atoms with Crippen molar-refractivity contribution in [2.75, 3.05) is 0 Å². The van der Waals surface area contributed by atoms with Gasteiger partial charge in [-0.25, -0.2) is 9.67 Å². The molecule has 11 heteroatoms. The fraction of sp³-hybridized carbons (Fsp3) is 0.103. The number of nitrogens with zero attached hydrogens (tertiary/aromatic N) is 4. The van der Waals surface area contributed by atoms with Crippen molar-refractivity contribution in [1.29, 1.82) is 0 Å². The van der Waals surface area contributed by atoms with Crippen LogP contribution in [0, 0.1) is 0 Å². The van der Waals surface area contributed by atoms with Crippen molar-refractivity contribution in [3.8, 4) is 16.9 Å². The lowest BCUT2D eigenvalue weighted by atomic mass is 10.0. The lowest BCUT2D eigenvalue weighted by Gasteiger charge is -2.09. The lowest BCUT2D eigenvalue weighted by molar-refractivity contribution is -0.137. The summed E-state index contributed by atoms with van der Waals surface area (Å²) in [5.41, 5.74) is 1.26. The number of benzene rings is 3. The van der Waals surface area contributed by atoms with E-state index in [1.807, 2.05) is 30.3 Å². The number of carbonyl (C=O) groups excluding carboxylic acids is 1. The van der Waals surface area contributed by atoms with E-state index in [1.54, 1.807) is 31.3 Å². The predicted octanol–water partition coefficient (Wildman–Crippen LogP) is 5.22. The van der Waals surface area contributed by atoms with Crippen LogP contribution < -0.4 is 10.9 Å². The normalized spacial score (nSPS) is 11.8. The first kappa shape index (κ1) is 25.1. The molecule has 6 rings (SSSR count). The molecule has 0 bridgehead atoms. The number of pyridine rings is 1. The van der Waals surface area contributed by atoms with Gasteiger partial charge in [0, 0.05) is 24.7 Å². The maximum atomic E-state index is 13.8. The van der Waals surface area contributed by atoms with Gasteiger partial charge >= 0.3 is 6.18 Å². The van der Waals surface area contributed by atoms with Crippen LogP contribution in [0.1, 0.15) is 21.5 Å². The molecular weight excluding hydrogens is 521 g/mol. The second kappa shape index (κ2) is 9.53. The number of hydrogen-bond acceptors (Lipinski definition) is 4. The Bertz CT molecular complexity index is 1950. The van der Waals surface area contributed by atoms with Gasteiger partial charge in [0.2, 0.25) is 0 Å². The van der Waals surface area contributed by atoms with Gasteiger partial charge in [-0.05, 0) is 35.9 Å². The molecule has 8 nitrogen and oxygen atoms in total. The van der Waals surface area contributed by atoms with Crippen LogP contribution in [0.25, 0.3) is 38.9 Å². The van der Waals surface area contributed by atoms with Gasteiger partial charge in [-0.2, -0.15) is 18.3 Å². The predicted molar refractivity (Wildman–Crippen MR) is 144 cm³/mol. The topological polar surface area (TPSA) is 97.6 Å². The van der Waals surface area contributed by atoms with Crippen LogP contribution in [0.3, 0.4) is 0 Å². The summed E-state index contributed by atoms with van der Waals surface area (Å²) in [7, 11) is 1.66. The molecule has 0 radical (unpaired) electrons. The molecule has 0 spiro atoms. The molecule has 3 aromatic heterocycles. The van der Waals surface area contributed by atoms with E-state index in [0.29, 0.717) is 34.3 Å². The SMILES string of the molecule is Cn1ncc2c3[nH]n(-c4cccc(C(=O)NCc5ccccc5)c4)c(=O)c3c(-c3cccc(C(F)(F)F)c3)nc21.